The quantitative estimate of drug-likeness (QED) is 0.0927. The summed E-state index contributed by atoms with van der Waals surface area (Å²) in [4.78, 5) is 9.97. The number of hydrogen-bond acceptors (Lipinski definition) is 8. The van der Waals surface area contributed by atoms with E-state index in [9.17, 15) is 5.11 Å². The molecule has 0 spiro atoms. The predicted molar refractivity (Wildman–Crippen MR) is 241 cm³/mol. The molecule has 0 aliphatic heterocycles. The number of imidazole rings is 1. The largest absolute Gasteiger partial charge is 0.494 e. The second-order valence-electron chi connectivity index (χ2n) is 15.4. The van der Waals surface area contributed by atoms with Crippen LogP contribution < -0.4 is 14.8 Å². The molecule has 62 heavy (non-hydrogen) atoms. The number of rotatable bonds is 16. The third-order valence-corrected chi connectivity index (χ3v) is 10.9. The molecule has 2 heterocycles. The lowest BCUT2D eigenvalue weighted by atomic mass is 9.76. The van der Waals surface area contributed by atoms with Crippen LogP contribution in [0.1, 0.15) is 85.8 Å². The third-order valence-electron chi connectivity index (χ3n) is 10.9. The molecule has 314 valence electrons. The standard InChI is InChI=1S/C52H50FN5O4/c1-6-46(59)43-26-18-17-25-42(43)45-33-58(52(37-19-11-8-12-20-37,38-21-13-9-14-22-38)39-23-15-10-16-24-39)51(56-45)49(44-31-41(60-7-2)32-47(48(44)53)61-34(3)4)55-40-29-27-36(28-30-40)50-54-35(5)62-57-50/h8-34,46,49,55,59H,6-7H2,1-5H3. The fourth-order valence-corrected chi connectivity index (χ4v) is 8.17. The Bertz CT molecular complexity index is 2620. The van der Waals surface area contributed by atoms with Crippen molar-refractivity contribution in [1.29, 1.82) is 0 Å². The highest BCUT2D eigenvalue weighted by Crippen LogP contribution is 2.46. The van der Waals surface area contributed by atoms with E-state index in [1.54, 1.807) is 19.1 Å². The van der Waals surface area contributed by atoms with Gasteiger partial charge >= 0.3 is 0 Å². The first kappa shape index (κ1) is 41.7. The number of hydrogen-bond donors (Lipinski definition) is 2. The van der Waals surface area contributed by atoms with Gasteiger partial charge in [-0.1, -0.05) is 127 Å². The van der Waals surface area contributed by atoms with E-state index in [0.717, 1.165) is 33.4 Å². The molecule has 8 aromatic rings. The molecule has 9 nitrogen and oxygen atoms in total. The maximum Gasteiger partial charge on any atom is 0.223 e. The SMILES string of the molecule is CCOc1cc(OC(C)C)c(F)c(C(Nc2ccc(-c3noc(C)n3)cc2)c2nc(-c3ccccc3C(O)CC)cn2C(c2ccccc2)(c2ccccc2)c2ccccc2)c1. The van der Waals surface area contributed by atoms with Gasteiger partial charge in [-0.15, -0.1) is 0 Å². The van der Waals surface area contributed by atoms with Crippen molar-refractivity contribution >= 4 is 5.69 Å². The Morgan fingerprint density at radius 1 is 0.758 bits per heavy atom. The van der Waals surface area contributed by atoms with Crippen molar-refractivity contribution in [2.45, 2.75) is 64.8 Å². The van der Waals surface area contributed by atoms with Gasteiger partial charge in [0.05, 0.1) is 24.5 Å². The second-order valence-corrected chi connectivity index (χ2v) is 15.4. The van der Waals surface area contributed by atoms with Crippen LogP contribution in [0.4, 0.5) is 10.1 Å². The number of anilines is 1. The molecule has 0 aliphatic rings. The summed E-state index contributed by atoms with van der Waals surface area (Å²) in [5, 5.41) is 19.2. The Balaban J connectivity index is 1.48. The van der Waals surface area contributed by atoms with Gasteiger partial charge in [0.25, 0.3) is 0 Å². The summed E-state index contributed by atoms with van der Waals surface area (Å²) in [6.45, 7) is 9.68. The monoisotopic (exact) mass is 827 g/mol. The van der Waals surface area contributed by atoms with Crippen LogP contribution in [0.5, 0.6) is 11.5 Å². The smallest absolute Gasteiger partial charge is 0.223 e. The van der Waals surface area contributed by atoms with Crippen LogP contribution in [-0.2, 0) is 5.54 Å². The van der Waals surface area contributed by atoms with Gasteiger partial charge in [0.15, 0.2) is 11.6 Å². The van der Waals surface area contributed by atoms with Crippen molar-refractivity contribution < 1.29 is 23.5 Å². The molecule has 2 atom stereocenters. The summed E-state index contributed by atoms with van der Waals surface area (Å²) in [5.74, 6) is 1.36. The topological polar surface area (TPSA) is 107 Å². The van der Waals surface area contributed by atoms with E-state index in [-0.39, 0.29) is 17.4 Å². The first-order chi connectivity index (χ1) is 30.2. The lowest BCUT2D eigenvalue weighted by Gasteiger charge is -2.39. The number of aryl methyl sites for hydroxylation is 1. The van der Waals surface area contributed by atoms with Crippen LogP contribution in [0, 0.1) is 12.7 Å². The minimum absolute atomic E-state index is 0.0609. The zero-order chi connectivity index (χ0) is 43.2. The second kappa shape index (κ2) is 18.3. The van der Waals surface area contributed by atoms with Crippen LogP contribution in [0.3, 0.4) is 0 Å². The predicted octanol–water partition coefficient (Wildman–Crippen LogP) is 11.7. The van der Waals surface area contributed by atoms with Crippen LogP contribution in [0.15, 0.2) is 162 Å². The Labute approximate surface area is 361 Å². The summed E-state index contributed by atoms with van der Waals surface area (Å²) in [5.41, 5.74) is 5.59. The highest BCUT2D eigenvalue weighted by atomic mass is 19.1. The van der Waals surface area contributed by atoms with Gasteiger partial charge in [0.1, 0.15) is 23.2 Å². The Morgan fingerprint density at radius 3 is 1.90 bits per heavy atom. The minimum atomic E-state index is -1.06. The summed E-state index contributed by atoms with van der Waals surface area (Å²) in [7, 11) is 0. The van der Waals surface area contributed by atoms with Crippen LogP contribution in [0.25, 0.3) is 22.6 Å². The number of aliphatic hydroxyl groups is 1. The number of aliphatic hydroxyl groups excluding tert-OH is 1. The van der Waals surface area contributed by atoms with Crippen LogP contribution in [0.2, 0.25) is 0 Å². The van der Waals surface area contributed by atoms with E-state index in [0.29, 0.717) is 47.7 Å². The first-order valence-electron chi connectivity index (χ1n) is 21.0. The molecule has 0 saturated carbocycles. The first-order valence-corrected chi connectivity index (χ1v) is 21.0. The van der Waals surface area contributed by atoms with Gasteiger partial charge < -0.3 is 29.0 Å². The summed E-state index contributed by atoms with van der Waals surface area (Å²) >= 11 is 0. The van der Waals surface area contributed by atoms with E-state index >= 15 is 4.39 Å². The van der Waals surface area contributed by atoms with E-state index in [1.807, 2.05) is 137 Å². The van der Waals surface area contributed by atoms with Crippen LogP contribution >= 0.6 is 0 Å². The molecule has 2 N–H and O–H groups in total. The molecular formula is C52H50FN5O4. The highest BCUT2D eigenvalue weighted by molar-refractivity contribution is 5.67. The summed E-state index contributed by atoms with van der Waals surface area (Å²) in [6.07, 6.45) is 1.48. The van der Waals surface area contributed by atoms with Gasteiger partial charge in [-0.25, -0.2) is 9.37 Å². The fraction of sp³-hybridized carbons (Fsp3) is 0.212. The number of aromatic nitrogens is 4. The van der Waals surface area contributed by atoms with E-state index in [2.05, 4.69) is 56.4 Å². The van der Waals surface area contributed by atoms with Gasteiger partial charge in [-0.2, -0.15) is 4.98 Å². The summed E-state index contributed by atoms with van der Waals surface area (Å²) < 4.78 is 37.3. The highest BCUT2D eigenvalue weighted by Gasteiger charge is 2.42. The molecule has 2 aromatic heterocycles. The van der Waals surface area contributed by atoms with Gasteiger partial charge in [0.2, 0.25) is 11.7 Å². The molecule has 0 amide bonds. The Morgan fingerprint density at radius 2 is 1.35 bits per heavy atom. The normalized spacial score (nSPS) is 12.6. The zero-order valence-corrected chi connectivity index (χ0v) is 35.5. The third kappa shape index (κ3) is 8.21. The average Bonchev–Trinajstić information content (AvgIpc) is 3.95. The van der Waals surface area contributed by atoms with Crippen molar-refractivity contribution in [2.24, 2.45) is 0 Å². The number of nitrogens with one attached hydrogen (secondary N) is 1. The maximum absolute atomic E-state index is 17.6. The van der Waals surface area contributed by atoms with Crippen molar-refractivity contribution in [3.63, 3.8) is 0 Å². The lowest BCUT2D eigenvalue weighted by molar-refractivity contribution is 0.174. The molecule has 0 fully saturated rings. The van der Waals surface area contributed by atoms with Crippen molar-refractivity contribution in [2.75, 3.05) is 11.9 Å². The van der Waals surface area contributed by atoms with Crippen LogP contribution in [-0.4, -0.2) is 37.5 Å². The summed E-state index contributed by atoms with van der Waals surface area (Å²) in [6, 6.07) is 48.6. The van der Waals surface area contributed by atoms with E-state index in [1.165, 1.54) is 0 Å². The molecular weight excluding hydrogens is 778 g/mol. The van der Waals surface area contributed by atoms with Crippen molar-refractivity contribution in [1.82, 2.24) is 19.7 Å². The molecule has 2 unspecified atom stereocenters. The maximum atomic E-state index is 17.6. The zero-order valence-electron chi connectivity index (χ0n) is 35.5. The van der Waals surface area contributed by atoms with E-state index < -0.39 is 23.5 Å². The van der Waals surface area contributed by atoms with Gasteiger partial charge in [-0.3, -0.25) is 0 Å². The molecule has 0 saturated heterocycles. The number of nitrogens with zero attached hydrogens (tertiary/aromatic N) is 4. The number of halogens is 1. The van der Waals surface area contributed by atoms with Gasteiger partial charge in [0, 0.05) is 41.6 Å². The minimum Gasteiger partial charge on any atom is -0.494 e. The molecule has 6 aromatic carbocycles. The Kier molecular flexibility index (Phi) is 12.3. The molecule has 0 radical (unpaired) electrons. The van der Waals surface area contributed by atoms with Gasteiger partial charge in [-0.05, 0) is 79.8 Å². The lowest BCUT2D eigenvalue weighted by Crippen LogP contribution is -2.39. The number of benzene rings is 6. The average molecular weight is 828 g/mol. The fourth-order valence-electron chi connectivity index (χ4n) is 8.17. The Hall–Kier alpha value is -7.04. The molecule has 0 bridgehead atoms. The van der Waals surface area contributed by atoms with E-state index in [4.69, 9.17) is 19.0 Å². The molecule has 10 heteroatoms. The van der Waals surface area contributed by atoms with Crippen molar-refractivity contribution in [3.8, 4) is 34.1 Å². The molecule has 8 rings (SSSR count). The molecule has 0 aliphatic carbocycles. The van der Waals surface area contributed by atoms with Crippen molar-refractivity contribution in [3.05, 3.63) is 203 Å². The number of ether oxygens (including phenoxy) is 2.